The number of halogens is 4. The van der Waals surface area contributed by atoms with Gasteiger partial charge in [-0.05, 0) is 51.2 Å². The lowest BCUT2D eigenvalue weighted by atomic mass is 9.80. The molecule has 2 N–H and O–H groups in total. The van der Waals surface area contributed by atoms with Crippen LogP contribution in [0.1, 0.15) is 68.9 Å². The van der Waals surface area contributed by atoms with E-state index in [1.165, 1.54) is 12.4 Å². The lowest BCUT2D eigenvalue weighted by Crippen LogP contribution is -2.64. The Morgan fingerprint density at radius 2 is 1.92 bits per heavy atom. The molecule has 0 spiro atoms. The van der Waals surface area contributed by atoms with Crippen LogP contribution in [0.3, 0.4) is 0 Å². The fourth-order valence-electron chi connectivity index (χ4n) is 6.31. The van der Waals surface area contributed by atoms with Crippen molar-refractivity contribution in [2.24, 2.45) is 0 Å². The molecule has 3 heterocycles. The van der Waals surface area contributed by atoms with Gasteiger partial charge >= 0.3 is 0 Å². The topological polar surface area (TPSA) is 81.6 Å². The summed E-state index contributed by atoms with van der Waals surface area (Å²) < 4.78 is 15.4. The summed E-state index contributed by atoms with van der Waals surface area (Å²) in [7, 11) is 0. The van der Waals surface area contributed by atoms with E-state index in [2.05, 4.69) is 45.9 Å². The molecule has 2 aliphatic heterocycles. The summed E-state index contributed by atoms with van der Waals surface area (Å²) in [4.78, 5) is 26.2. The molecule has 0 bridgehead atoms. The van der Waals surface area contributed by atoms with Crippen LogP contribution in [0.5, 0.6) is 0 Å². The summed E-state index contributed by atoms with van der Waals surface area (Å²) in [6, 6.07) is 4.38. The predicted molar refractivity (Wildman–Crippen MR) is 148 cm³/mol. The summed E-state index contributed by atoms with van der Waals surface area (Å²) in [5.41, 5.74) is 0.805. The van der Waals surface area contributed by atoms with Crippen LogP contribution in [-0.2, 0) is 10.3 Å². The number of aliphatic hydroxyl groups is 1. The van der Waals surface area contributed by atoms with Gasteiger partial charge in [0.15, 0.2) is 0 Å². The highest BCUT2D eigenvalue weighted by Gasteiger charge is 2.52. The summed E-state index contributed by atoms with van der Waals surface area (Å²) in [6.07, 6.45) is 4.20. The summed E-state index contributed by atoms with van der Waals surface area (Å²) >= 11 is 6.06. The molecule has 0 unspecified atom stereocenters. The maximum absolute atomic E-state index is 15.4. The van der Waals surface area contributed by atoms with Crippen molar-refractivity contribution in [2.45, 2.75) is 69.2 Å². The predicted octanol–water partition coefficient (Wildman–Crippen LogP) is 4.40. The fraction of sp³-hybridized carbons (Fsp3) is 0.577. The third kappa shape index (κ3) is 5.21. The number of hydrogen-bond donors (Lipinski definition) is 2. The number of aromatic nitrogens is 2. The smallest absolute Gasteiger partial charge is 0.146 e. The van der Waals surface area contributed by atoms with Crippen LogP contribution < -0.4 is 10.2 Å². The van der Waals surface area contributed by atoms with E-state index in [4.69, 9.17) is 11.6 Å². The van der Waals surface area contributed by atoms with Gasteiger partial charge in [0, 0.05) is 53.9 Å². The quantitative estimate of drug-likeness (QED) is 0.512. The molecule has 0 radical (unpaired) electrons. The molecule has 3 aliphatic rings. The monoisotopic (exact) mass is 573 g/mol. The first-order valence-electron chi connectivity index (χ1n) is 12.4. The van der Waals surface area contributed by atoms with E-state index in [-0.39, 0.29) is 42.3 Å². The highest BCUT2D eigenvalue weighted by Crippen LogP contribution is 2.44. The van der Waals surface area contributed by atoms with Gasteiger partial charge in [-0.2, -0.15) is 0 Å². The van der Waals surface area contributed by atoms with Crippen LogP contribution >= 0.6 is 36.4 Å². The minimum absolute atomic E-state index is 0. The number of rotatable bonds is 5. The van der Waals surface area contributed by atoms with E-state index < -0.39 is 17.5 Å². The Morgan fingerprint density at radius 3 is 2.51 bits per heavy atom. The number of anilines is 1. The van der Waals surface area contributed by atoms with Crippen molar-refractivity contribution in [1.82, 2.24) is 20.2 Å². The Kier molecular flexibility index (Phi) is 9.15. The van der Waals surface area contributed by atoms with Crippen molar-refractivity contribution in [1.29, 1.82) is 0 Å². The molecule has 37 heavy (non-hydrogen) atoms. The van der Waals surface area contributed by atoms with Gasteiger partial charge in [0.05, 0.1) is 11.8 Å². The number of nitrogens with zero attached hydrogens (tertiary/aromatic N) is 4. The number of carbonyl (C=O) groups excluding carboxylic acids is 1. The summed E-state index contributed by atoms with van der Waals surface area (Å²) in [5, 5.41) is 14.3. The Labute approximate surface area is 235 Å². The molecular formula is C26H35Cl3FN5O2. The lowest BCUT2D eigenvalue weighted by Gasteiger charge is -2.49. The summed E-state index contributed by atoms with van der Waals surface area (Å²) in [5.74, 6) is 0.569. The number of aldehydes is 1. The number of nitrogens with one attached hydrogen (secondary N) is 1. The van der Waals surface area contributed by atoms with E-state index in [1.807, 2.05) is 0 Å². The van der Waals surface area contributed by atoms with Gasteiger partial charge in [-0.3, -0.25) is 4.90 Å². The molecule has 1 aromatic heterocycles. The molecule has 1 aromatic carbocycles. The van der Waals surface area contributed by atoms with E-state index >= 15 is 4.39 Å². The third-order valence-electron chi connectivity index (χ3n) is 8.08. The standard InChI is InChI=1S/C26H33ClFN5O2.2ClH/c1-16-12-20(35)23-22(16)24(30-15-29-23)32-8-10-33(11-9-32)26(14-34,21-6-7-25(2,3)31-21)18-5-4-17(27)13-19(18)28;;/h4-5,13-16,20-21,31,35H,6-12H2,1-3H3;2*1H/t16-,20-,21+,26+;;/m1../s1. The Hall–Kier alpha value is -1.55. The van der Waals surface area contributed by atoms with E-state index in [0.717, 1.165) is 30.5 Å². The van der Waals surface area contributed by atoms with Gasteiger partial charge < -0.3 is 20.1 Å². The number of piperazine rings is 1. The molecule has 4 atom stereocenters. The number of carbonyl (C=O) groups is 1. The van der Waals surface area contributed by atoms with Crippen molar-refractivity contribution in [3.05, 3.63) is 52.2 Å². The van der Waals surface area contributed by atoms with Crippen molar-refractivity contribution in [2.75, 3.05) is 31.1 Å². The molecule has 2 fully saturated rings. The Balaban J connectivity index is 0.00000190. The highest BCUT2D eigenvalue weighted by atomic mass is 35.5. The molecule has 5 rings (SSSR count). The van der Waals surface area contributed by atoms with Gasteiger partial charge in [0.25, 0.3) is 0 Å². The number of benzene rings is 1. The van der Waals surface area contributed by atoms with Crippen molar-refractivity contribution < 1.29 is 14.3 Å². The first kappa shape index (κ1) is 30.0. The van der Waals surface area contributed by atoms with Crippen molar-refractivity contribution in [3.63, 3.8) is 0 Å². The number of aliphatic hydroxyl groups excluding tert-OH is 1. The van der Waals surface area contributed by atoms with Crippen LogP contribution in [0, 0.1) is 5.82 Å². The zero-order valence-corrected chi connectivity index (χ0v) is 23.7. The van der Waals surface area contributed by atoms with Crippen molar-refractivity contribution >= 4 is 48.5 Å². The van der Waals surface area contributed by atoms with Gasteiger partial charge in [-0.25, -0.2) is 14.4 Å². The Bertz CT molecular complexity index is 1130. The second kappa shape index (κ2) is 11.3. The largest absolute Gasteiger partial charge is 0.387 e. The SMILES string of the molecule is C[C@@H]1C[C@@H](O)c2ncnc(N3CCN([C@@](C=O)(c4ccc(Cl)cc4F)[C@@H]4CCC(C)(C)N4)CC3)c21.Cl.Cl. The molecule has 11 heteroatoms. The normalized spacial score (nSPS) is 26.5. The molecule has 204 valence electrons. The second-order valence-electron chi connectivity index (χ2n) is 10.8. The van der Waals surface area contributed by atoms with Gasteiger partial charge in [-0.1, -0.05) is 24.6 Å². The minimum Gasteiger partial charge on any atom is -0.387 e. The highest BCUT2D eigenvalue weighted by molar-refractivity contribution is 6.30. The van der Waals surface area contributed by atoms with E-state index in [1.54, 1.807) is 12.1 Å². The van der Waals surface area contributed by atoms with Crippen LogP contribution in [0.25, 0.3) is 0 Å². The lowest BCUT2D eigenvalue weighted by molar-refractivity contribution is -0.122. The van der Waals surface area contributed by atoms with E-state index in [0.29, 0.717) is 48.9 Å². The van der Waals surface area contributed by atoms with Gasteiger partial charge in [0.2, 0.25) is 0 Å². The summed E-state index contributed by atoms with van der Waals surface area (Å²) in [6.45, 7) is 8.71. The number of fused-ring (bicyclic) bond motifs is 1. The molecular weight excluding hydrogens is 540 g/mol. The van der Waals surface area contributed by atoms with Crippen LogP contribution in [0.4, 0.5) is 10.2 Å². The molecule has 7 nitrogen and oxygen atoms in total. The average molecular weight is 575 g/mol. The third-order valence-corrected chi connectivity index (χ3v) is 8.31. The maximum atomic E-state index is 15.4. The molecule has 1 aliphatic carbocycles. The first-order valence-corrected chi connectivity index (χ1v) is 12.8. The van der Waals surface area contributed by atoms with Gasteiger partial charge in [0.1, 0.15) is 29.8 Å². The van der Waals surface area contributed by atoms with Gasteiger partial charge in [-0.15, -0.1) is 24.8 Å². The fourth-order valence-corrected chi connectivity index (χ4v) is 6.47. The zero-order chi connectivity index (χ0) is 25.0. The first-order chi connectivity index (χ1) is 16.7. The molecule has 2 aromatic rings. The molecule has 2 saturated heterocycles. The average Bonchev–Trinajstić information content (AvgIpc) is 3.34. The van der Waals surface area contributed by atoms with Crippen LogP contribution in [0.2, 0.25) is 5.02 Å². The van der Waals surface area contributed by atoms with E-state index in [9.17, 15) is 9.90 Å². The molecule has 0 amide bonds. The zero-order valence-electron chi connectivity index (χ0n) is 21.3. The minimum atomic E-state index is -1.15. The number of hydrogen-bond acceptors (Lipinski definition) is 7. The van der Waals surface area contributed by atoms with Crippen LogP contribution in [0.15, 0.2) is 24.5 Å². The van der Waals surface area contributed by atoms with Crippen molar-refractivity contribution in [3.8, 4) is 0 Å². The second-order valence-corrected chi connectivity index (χ2v) is 11.2. The Morgan fingerprint density at radius 1 is 1.22 bits per heavy atom. The maximum Gasteiger partial charge on any atom is 0.146 e. The van der Waals surface area contributed by atoms with Crippen LogP contribution in [-0.4, -0.2) is 64.0 Å². The molecule has 0 saturated carbocycles.